The molecule has 1 rings (SSSR count). The van der Waals surface area contributed by atoms with Crippen LogP contribution in [-0.2, 0) is 0 Å². The van der Waals surface area contributed by atoms with Crippen molar-refractivity contribution in [1.82, 2.24) is 0 Å². The Hall–Kier alpha value is -2.05. The number of rotatable bonds is 1. The molecule has 0 heterocycles. The number of hydrogen-bond donors (Lipinski definition) is 1. The van der Waals surface area contributed by atoms with E-state index in [9.17, 15) is 13.2 Å². The van der Waals surface area contributed by atoms with Crippen LogP contribution in [0.4, 0.5) is 13.2 Å². The molecule has 0 radical (unpaired) electrons. The van der Waals surface area contributed by atoms with Crippen molar-refractivity contribution in [3.8, 4) is 12.1 Å². The summed E-state index contributed by atoms with van der Waals surface area (Å²) in [6.07, 6.45) is -7.73. The van der Waals surface area contributed by atoms with Crippen LogP contribution in [0.2, 0.25) is 0 Å². The third-order valence-electron chi connectivity index (χ3n) is 1.93. The molecule has 0 aromatic heterocycles. The second-order valence-corrected chi connectivity index (χ2v) is 2.93. The van der Waals surface area contributed by atoms with Crippen LogP contribution in [0.25, 0.3) is 0 Å². The summed E-state index contributed by atoms with van der Waals surface area (Å²) in [4.78, 5) is 0. The van der Waals surface area contributed by atoms with Crippen LogP contribution >= 0.6 is 0 Å². The van der Waals surface area contributed by atoms with E-state index in [1.165, 1.54) is 18.2 Å². The molecule has 1 aromatic carbocycles. The molecule has 0 fully saturated rings. The van der Waals surface area contributed by atoms with Crippen molar-refractivity contribution in [2.75, 3.05) is 0 Å². The Bertz CT molecular complexity index is 450. The molecular weight excluding hydrogens is 221 g/mol. The molecule has 6 heteroatoms. The number of aliphatic hydroxyl groups is 1. The number of alkyl halides is 3. The van der Waals surface area contributed by atoms with Gasteiger partial charge in [0.15, 0.2) is 6.10 Å². The number of benzene rings is 1. The largest absolute Gasteiger partial charge is 0.418 e. The Morgan fingerprint density at radius 2 is 1.56 bits per heavy atom. The molecule has 0 amide bonds. The van der Waals surface area contributed by atoms with E-state index < -0.39 is 17.8 Å². The molecule has 1 aromatic rings. The SMILES string of the molecule is N#Cc1cccc(C#N)c1C(O)C(F)(F)F. The first kappa shape index (κ1) is 12.0. The number of hydrogen-bond acceptors (Lipinski definition) is 3. The van der Waals surface area contributed by atoms with Gasteiger partial charge in [0, 0.05) is 5.56 Å². The monoisotopic (exact) mass is 226 g/mol. The van der Waals surface area contributed by atoms with Crippen LogP contribution in [-0.4, -0.2) is 11.3 Å². The van der Waals surface area contributed by atoms with Gasteiger partial charge in [0.2, 0.25) is 0 Å². The van der Waals surface area contributed by atoms with Crippen LogP contribution in [0.5, 0.6) is 0 Å². The maximum Gasteiger partial charge on any atom is 0.418 e. The summed E-state index contributed by atoms with van der Waals surface area (Å²) < 4.78 is 36.9. The molecule has 82 valence electrons. The van der Waals surface area contributed by atoms with Crippen molar-refractivity contribution in [3.63, 3.8) is 0 Å². The molecule has 0 aliphatic rings. The standard InChI is InChI=1S/C10H5F3N2O/c11-10(12,13)9(16)8-6(4-14)2-1-3-7(8)5-15/h1-3,9,16H. The average Bonchev–Trinajstić information content (AvgIpc) is 2.25. The summed E-state index contributed by atoms with van der Waals surface area (Å²) in [5.74, 6) is 0. The zero-order valence-electron chi connectivity index (χ0n) is 7.78. The first-order valence-electron chi connectivity index (χ1n) is 4.09. The fraction of sp³-hybridized carbons (Fsp3) is 0.200. The van der Waals surface area contributed by atoms with Crippen LogP contribution in [0.15, 0.2) is 18.2 Å². The van der Waals surface area contributed by atoms with Gasteiger partial charge in [0.05, 0.1) is 23.3 Å². The normalized spacial score (nSPS) is 12.6. The lowest BCUT2D eigenvalue weighted by Crippen LogP contribution is -2.22. The minimum atomic E-state index is -4.90. The Kier molecular flexibility index (Phi) is 3.17. The van der Waals surface area contributed by atoms with E-state index in [0.717, 1.165) is 12.1 Å². The molecule has 0 saturated heterocycles. The van der Waals surface area contributed by atoms with Crippen molar-refractivity contribution in [2.24, 2.45) is 0 Å². The minimum absolute atomic E-state index is 0.358. The van der Waals surface area contributed by atoms with E-state index in [0.29, 0.717) is 0 Å². The van der Waals surface area contributed by atoms with Gasteiger partial charge in [-0.2, -0.15) is 23.7 Å². The van der Waals surface area contributed by atoms with Crippen molar-refractivity contribution in [3.05, 3.63) is 34.9 Å². The van der Waals surface area contributed by atoms with E-state index in [4.69, 9.17) is 15.6 Å². The van der Waals surface area contributed by atoms with Crippen molar-refractivity contribution < 1.29 is 18.3 Å². The Balaban J connectivity index is 3.43. The molecule has 0 aliphatic carbocycles. The molecule has 3 nitrogen and oxygen atoms in total. The van der Waals surface area contributed by atoms with Gasteiger partial charge in [-0.1, -0.05) is 6.07 Å². The number of halogens is 3. The molecule has 0 aliphatic heterocycles. The summed E-state index contributed by atoms with van der Waals surface area (Å²) in [5, 5.41) is 26.3. The molecular formula is C10H5F3N2O. The van der Waals surface area contributed by atoms with Crippen LogP contribution in [0.1, 0.15) is 22.8 Å². The van der Waals surface area contributed by atoms with E-state index in [1.807, 2.05) is 0 Å². The zero-order valence-corrected chi connectivity index (χ0v) is 7.78. The smallest absolute Gasteiger partial charge is 0.379 e. The topological polar surface area (TPSA) is 67.8 Å². The van der Waals surface area contributed by atoms with Gasteiger partial charge in [-0.25, -0.2) is 0 Å². The number of nitriles is 2. The van der Waals surface area contributed by atoms with Gasteiger partial charge < -0.3 is 5.11 Å². The predicted octanol–water partition coefficient (Wildman–Crippen LogP) is 2.03. The van der Waals surface area contributed by atoms with Crippen LogP contribution in [0, 0.1) is 22.7 Å². The molecule has 1 unspecified atom stereocenters. The molecule has 1 N–H and O–H groups in total. The lowest BCUT2D eigenvalue weighted by molar-refractivity contribution is -0.206. The highest BCUT2D eigenvalue weighted by atomic mass is 19.4. The first-order chi connectivity index (χ1) is 7.41. The molecule has 16 heavy (non-hydrogen) atoms. The zero-order chi connectivity index (χ0) is 12.3. The fourth-order valence-electron chi connectivity index (χ4n) is 1.22. The lowest BCUT2D eigenvalue weighted by atomic mass is 9.97. The maximum absolute atomic E-state index is 12.3. The Morgan fingerprint density at radius 3 is 1.88 bits per heavy atom. The summed E-state index contributed by atoms with van der Waals surface area (Å²) >= 11 is 0. The minimum Gasteiger partial charge on any atom is -0.379 e. The third kappa shape index (κ3) is 2.13. The molecule has 0 spiro atoms. The van der Waals surface area contributed by atoms with Gasteiger partial charge in [0.1, 0.15) is 0 Å². The highest BCUT2D eigenvalue weighted by Gasteiger charge is 2.41. The summed E-state index contributed by atoms with van der Waals surface area (Å²) in [6.45, 7) is 0. The van der Waals surface area contributed by atoms with Crippen molar-refractivity contribution in [1.29, 1.82) is 10.5 Å². The van der Waals surface area contributed by atoms with Gasteiger partial charge in [0.25, 0.3) is 0 Å². The molecule has 1 atom stereocenters. The fourth-order valence-corrected chi connectivity index (χ4v) is 1.22. The van der Waals surface area contributed by atoms with E-state index in [-0.39, 0.29) is 11.1 Å². The van der Waals surface area contributed by atoms with Crippen LogP contribution in [0.3, 0.4) is 0 Å². The van der Waals surface area contributed by atoms with Gasteiger partial charge in [-0.05, 0) is 12.1 Å². The van der Waals surface area contributed by atoms with Crippen molar-refractivity contribution in [2.45, 2.75) is 12.3 Å². The summed E-state index contributed by atoms with van der Waals surface area (Å²) in [7, 11) is 0. The Morgan fingerprint density at radius 1 is 1.12 bits per heavy atom. The quantitative estimate of drug-likeness (QED) is 0.796. The second kappa shape index (κ2) is 4.21. The van der Waals surface area contributed by atoms with Gasteiger partial charge in [-0.3, -0.25) is 0 Å². The Labute approximate surface area is 89.0 Å². The average molecular weight is 226 g/mol. The third-order valence-corrected chi connectivity index (χ3v) is 1.93. The maximum atomic E-state index is 12.3. The highest BCUT2D eigenvalue weighted by molar-refractivity contribution is 5.49. The molecule has 0 bridgehead atoms. The lowest BCUT2D eigenvalue weighted by Gasteiger charge is -2.16. The second-order valence-electron chi connectivity index (χ2n) is 2.93. The van der Waals surface area contributed by atoms with E-state index in [2.05, 4.69) is 0 Å². The number of aliphatic hydroxyl groups excluding tert-OH is 1. The van der Waals surface area contributed by atoms with Crippen molar-refractivity contribution >= 4 is 0 Å². The van der Waals surface area contributed by atoms with Crippen LogP contribution < -0.4 is 0 Å². The summed E-state index contributed by atoms with van der Waals surface area (Å²) in [6, 6.07) is 6.54. The van der Waals surface area contributed by atoms with E-state index >= 15 is 0 Å². The summed E-state index contributed by atoms with van der Waals surface area (Å²) in [5.41, 5.74) is -1.41. The van der Waals surface area contributed by atoms with Gasteiger partial charge in [-0.15, -0.1) is 0 Å². The molecule has 0 saturated carbocycles. The van der Waals surface area contributed by atoms with E-state index in [1.54, 1.807) is 0 Å². The predicted molar refractivity (Wildman–Crippen MR) is 46.9 cm³/mol. The van der Waals surface area contributed by atoms with Gasteiger partial charge >= 0.3 is 6.18 Å². The highest BCUT2D eigenvalue weighted by Crippen LogP contribution is 2.35. The number of nitrogens with zero attached hydrogens (tertiary/aromatic N) is 2. The first-order valence-corrected chi connectivity index (χ1v) is 4.09.